The molecule has 0 bridgehead atoms. The first-order valence-corrected chi connectivity index (χ1v) is 4.52. The standard InChI is InChI=1S/C10H10BrNO/c1-4-7-8(11)5-6(2)10(13)9(7)12-3/h4-5,13H,1,3H2,2H3. The number of hydrogen-bond acceptors (Lipinski definition) is 2. The summed E-state index contributed by atoms with van der Waals surface area (Å²) >= 11 is 3.36. The normalized spacial score (nSPS) is 9.69. The predicted octanol–water partition coefficient (Wildman–Crippen LogP) is 3.44. The molecule has 1 N–H and O–H groups in total. The number of aryl methyl sites for hydroxylation is 1. The number of phenols is 1. The monoisotopic (exact) mass is 239 g/mol. The van der Waals surface area contributed by atoms with E-state index < -0.39 is 0 Å². The lowest BCUT2D eigenvalue weighted by Crippen LogP contribution is -1.82. The van der Waals surface area contributed by atoms with Crippen molar-refractivity contribution in [2.45, 2.75) is 6.92 Å². The van der Waals surface area contributed by atoms with E-state index >= 15 is 0 Å². The van der Waals surface area contributed by atoms with Gasteiger partial charge in [0.15, 0.2) is 0 Å². The zero-order valence-corrected chi connectivity index (χ0v) is 8.93. The number of rotatable bonds is 2. The molecule has 2 nitrogen and oxygen atoms in total. The van der Waals surface area contributed by atoms with Gasteiger partial charge in [-0.2, -0.15) is 0 Å². The van der Waals surface area contributed by atoms with E-state index in [1.165, 1.54) is 0 Å². The number of benzene rings is 1. The second-order valence-electron chi connectivity index (χ2n) is 2.65. The average Bonchev–Trinajstić information content (AvgIpc) is 2.10. The summed E-state index contributed by atoms with van der Waals surface area (Å²) in [6.07, 6.45) is 1.63. The van der Waals surface area contributed by atoms with Crippen LogP contribution in [-0.2, 0) is 0 Å². The van der Waals surface area contributed by atoms with Crippen LogP contribution in [0, 0.1) is 6.92 Å². The molecule has 0 aliphatic heterocycles. The third kappa shape index (κ3) is 1.65. The number of hydrogen-bond donors (Lipinski definition) is 1. The fourth-order valence-electron chi connectivity index (χ4n) is 1.12. The van der Waals surface area contributed by atoms with E-state index in [9.17, 15) is 5.11 Å². The summed E-state index contributed by atoms with van der Waals surface area (Å²) in [6.45, 7) is 8.85. The predicted molar refractivity (Wildman–Crippen MR) is 59.8 cm³/mol. The minimum Gasteiger partial charge on any atom is -0.505 e. The molecule has 0 amide bonds. The van der Waals surface area contributed by atoms with Crippen molar-refractivity contribution in [2.75, 3.05) is 0 Å². The molecule has 0 radical (unpaired) electrons. The highest BCUT2D eigenvalue weighted by Gasteiger charge is 2.10. The second kappa shape index (κ2) is 3.75. The minimum absolute atomic E-state index is 0.160. The van der Waals surface area contributed by atoms with Gasteiger partial charge in [-0.1, -0.05) is 28.6 Å². The molecule has 0 fully saturated rings. The Balaban J connectivity index is 3.59. The van der Waals surface area contributed by atoms with Gasteiger partial charge in [0, 0.05) is 10.0 Å². The fourth-order valence-corrected chi connectivity index (χ4v) is 1.81. The molecule has 1 aromatic rings. The minimum atomic E-state index is 0.160. The summed E-state index contributed by atoms with van der Waals surface area (Å²) in [5, 5.41) is 9.63. The van der Waals surface area contributed by atoms with Gasteiger partial charge in [-0.25, -0.2) is 0 Å². The van der Waals surface area contributed by atoms with E-state index in [1.54, 1.807) is 6.08 Å². The molecule has 3 heteroatoms. The lowest BCUT2D eigenvalue weighted by Gasteiger charge is -2.08. The van der Waals surface area contributed by atoms with Crippen LogP contribution < -0.4 is 0 Å². The van der Waals surface area contributed by atoms with Crippen molar-refractivity contribution in [3.63, 3.8) is 0 Å². The van der Waals surface area contributed by atoms with Gasteiger partial charge in [-0.05, 0) is 25.3 Å². The first kappa shape index (κ1) is 9.99. The molecular formula is C10H10BrNO. The highest BCUT2D eigenvalue weighted by Crippen LogP contribution is 2.38. The molecule has 0 aromatic heterocycles. The number of phenolic OH excluding ortho intramolecular Hbond substituents is 1. The Bertz CT molecular complexity index is 372. The summed E-state index contributed by atoms with van der Waals surface area (Å²) in [5.74, 6) is 0.160. The zero-order valence-electron chi connectivity index (χ0n) is 7.34. The van der Waals surface area contributed by atoms with Crippen LogP contribution in [0.1, 0.15) is 11.1 Å². The zero-order chi connectivity index (χ0) is 10.0. The van der Waals surface area contributed by atoms with Crippen LogP contribution in [0.4, 0.5) is 5.69 Å². The van der Waals surface area contributed by atoms with Crippen molar-refractivity contribution in [1.29, 1.82) is 0 Å². The number of aromatic hydroxyl groups is 1. The van der Waals surface area contributed by atoms with Crippen molar-refractivity contribution in [2.24, 2.45) is 4.99 Å². The molecule has 13 heavy (non-hydrogen) atoms. The maximum Gasteiger partial charge on any atom is 0.144 e. The highest BCUT2D eigenvalue weighted by molar-refractivity contribution is 9.10. The molecule has 0 aliphatic carbocycles. The van der Waals surface area contributed by atoms with Crippen LogP contribution in [0.15, 0.2) is 22.1 Å². The van der Waals surface area contributed by atoms with Crippen molar-refractivity contribution < 1.29 is 5.11 Å². The highest BCUT2D eigenvalue weighted by atomic mass is 79.9. The van der Waals surface area contributed by atoms with Crippen LogP contribution in [0.25, 0.3) is 6.08 Å². The molecule has 0 spiro atoms. The van der Waals surface area contributed by atoms with Crippen molar-refractivity contribution >= 4 is 34.4 Å². The molecule has 0 heterocycles. The molecule has 0 saturated carbocycles. The van der Waals surface area contributed by atoms with E-state index in [2.05, 4.69) is 34.2 Å². The van der Waals surface area contributed by atoms with Gasteiger partial charge in [0.25, 0.3) is 0 Å². The first-order valence-electron chi connectivity index (χ1n) is 3.73. The van der Waals surface area contributed by atoms with Gasteiger partial charge in [0.05, 0.1) is 0 Å². The van der Waals surface area contributed by atoms with Gasteiger partial charge in [0.2, 0.25) is 0 Å². The van der Waals surface area contributed by atoms with Crippen molar-refractivity contribution in [3.8, 4) is 5.75 Å². The summed E-state index contributed by atoms with van der Waals surface area (Å²) in [5.41, 5.74) is 2.00. The van der Waals surface area contributed by atoms with E-state index in [4.69, 9.17) is 0 Å². The van der Waals surface area contributed by atoms with E-state index in [1.807, 2.05) is 13.0 Å². The summed E-state index contributed by atoms with van der Waals surface area (Å²) in [4.78, 5) is 3.76. The van der Waals surface area contributed by atoms with Crippen LogP contribution in [0.3, 0.4) is 0 Å². The SMILES string of the molecule is C=Cc1c(Br)cc(C)c(O)c1N=C. The van der Waals surface area contributed by atoms with Crippen molar-refractivity contribution in [3.05, 3.63) is 28.2 Å². The summed E-state index contributed by atoms with van der Waals surface area (Å²) < 4.78 is 0.861. The molecule has 0 atom stereocenters. The second-order valence-corrected chi connectivity index (χ2v) is 3.50. The van der Waals surface area contributed by atoms with Crippen LogP contribution in [-0.4, -0.2) is 11.8 Å². The molecule has 1 rings (SSSR count). The van der Waals surface area contributed by atoms with Crippen LogP contribution in [0.5, 0.6) is 5.75 Å². The number of nitrogens with zero attached hydrogens (tertiary/aromatic N) is 1. The Hall–Kier alpha value is -1.09. The number of aliphatic imine (C=N–C) groups is 1. The number of halogens is 1. The van der Waals surface area contributed by atoms with Gasteiger partial charge in [0.1, 0.15) is 11.4 Å². The molecule has 0 aliphatic rings. The lowest BCUT2D eigenvalue weighted by molar-refractivity contribution is 0.472. The Labute approximate surface area is 85.8 Å². The summed E-state index contributed by atoms with van der Waals surface area (Å²) in [6, 6.07) is 1.82. The molecule has 68 valence electrons. The van der Waals surface area contributed by atoms with E-state index in [0.29, 0.717) is 5.69 Å². The quantitative estimate of drug-likeness (QED) is 0.789. The Morgan fingerprint density at radius 2 is 2.23 bits per heavy atom. The molecular weight excluding hydrogens is 230 g/mol. The lowest BCUT2D eigenvalue weighted by atomic mass is 10.1. The molecule has 1 aromatic carbocycles. The topological polar surface area (TPSA) is 32.6 Å². The molecule has 0 saturated heterocycles. The van der Waals surface area contributed by atoms with E-state index in [-0.39, 0.29) is 5.75 Å². The van der Waals surface area contributed by atoms with Gasteiger partial charge >= 0.3 is 0 Å². The van der Waals surface area contributed by atoms with Gasteiger partial charge in [-0.3, -0.25) is 4.99 Å². The smallest absolute Gasteiger partial charge is 0.144 e. The third-order valence-electron chi connectivity index (χ3n) is 1.82. The maximum atomic E-state index is 9.63. The fraction of sp³-hybridized carbons (Fsp3) is 0.100. The average molecular weight is 240 g/mol. The Morgan fingerprint density at radius 3 is 2.69 bits per heavy atom. The third-order valence-corrected chi connectivity index (χ3v) is 2.47. The molecule has 0 unspecified atom stereocenters. The maximum absolute atomic E-state index is 9.63. The van der Waals surface area contributed by atoms with Gasteiger partial charge in [-0.15, -0.1) is 0 Å². The summed E-state index contributed by atoms with van der Waals surface area (Å²) in [7, 11) is 0. The first-order chi connectivity index (χ1) is 6.11. The van der Waals surface area contributed by atoms with Crippen LogP contribution in [0.2, 0.25) is 0 Å². The van der Waals surface area contributed by atoms with Crippen LogP contribution >= 0.6 is 15.9 Å². The Morgan fingerprint density at radius 1 is 1.62 bits per heavy atom. The van der Waals surface area contributed by atoms with Crippen molar-refractivity contribution in [1.82, 2.24) is 0 Å². The largest absolute Gasteiger partial charge is 0.505 e. The Kier molecular flexibility index (Phi) is 2.88. The van der Waals surface area contributed by atoms with Gasteiger partial charge < -0.3 is 5.11 Å². The van der Waals surface area contributed by atoms with E-state index in [0.717, 1.165) is 15.6 Å².